The third kappa shape index (κ3) is 10.6. The molecular formula is C45H67ClN6O4. The number of amides is 2. The van der Waals surface area contributed by atoms with Crippen LogP contribution in [0.3, 0.4) is 0 Å². The zero-order valence-electron chi connectivity index (χ0n) is 34.4. The summed E-state index contributed by atoms with van der Waals surface area (Å²) in [5.41, 5.74) is -0.556. The Balaban J connectivity index is 0.000000132. The predicted molar refractivity (Wildman–Crippen MR) is 214 cm³/mol. The number of carbonyl (C=O) groups is 3. The van der Waals surface area contributed by atoms with Crippen molar-refractivity contribution < 1.29 is 19.1 Å². The molecule has 3 unspecified atom stereocenters. The van der Waals surface area contributed by atoms with Crippen LogP contribution in [0.4, 0.5) is 4.79 Å². The molecule has 8 bridgehead atoms. The molecule has 0 aromatic heterocycles. The van der Waals surface area contributed by atoms with Gasteiger partial charge in [0.25, 0.3) is 0 Å². The fraction of sp³-hybridized carbons (Fsp3) is 0.867. The second kappa shape index (κ2) is 18.4. The van der Waals surface area contributed by atoms with E-state index in [0.29, 0.717) is 25.5 Å². The fourth-order valence-corrected chi connectivity index (χ4v) is 13.1. The van der Waals surface area contributed by atoms with Crippen molar-refractivity contribution in [1.82, 2.24) is 15.1 Å². The van der Waals surface area contributed by atoms with Crippen LogP contribution in [-0.4, -0.2) is 71.9 Å². The summed E-state index contributed by atoms with van der Waals surface area (Å²) in [6.07, 6.45) is 20.7. The topological polar surface area (TPSA) is 150 Å². The molecule has 11 heteroatoms. The highest BCUT2D eigenvalue weighted by Crippen LogP contribution is 2.62. The van der Waals surface area contributed by atoms with Crippen LogP contribution in [0.1, 0.15) is 136 Å². The van der Waals surface area contributed by atoms with Crippen LogP contribution in [0.5, 0.6) is 0 Å². The molecule has 0 aromatic carbocycles. The molecular weight excluding hydrogens is 724 g/mol. The molecule has 0 radical (unpaired) electrons. The highest BCUT2D eigenvalue weighted by molar-refractivity contribution is 6.64. The van der Waals surface area contributed by atoms with Crippen LogP contribution < -0.4 is 5.32 Å². The monoisotopic (exact) mass is 790 g/mol. The average molecular weight is 792 g/mol. The number of nitriles is 3. The zero-order chi connectivity index (χ0) is 40.1. The number of hydrogen-bond acceptors (Lipinski definition) is 8. The number of ether oxygens (including phenoxy) is 1. The molecule has 0 aromatic rings. The van der Waals surface area contributed by atoms with Gasteiger partial charge in [0.2, 0.25) is 11.1 Å². The molecule has 0 spiro atoms. The number of hydrogen-bond donors (Lipinski definition) is 1. The predicted octanol–water partition coefficient (Wildman–Crippen LogP) is 8.60. The summed E-state index contributed by atoms with van der Waals surface area (Å²) >= 11 is 5.76. The second-order valence-electron chi connectivity index (χ2n) is 20.5. The summed E-state index contributed by atoms with van der Waals surface area (Å²) in [5, 5.41) is 29.5. The van der Waals surface area contributed by atoms with E-state index in [9.17, 15) is 14.4 Å². The van der Waals surface area contributed by atoms with E-state index in [1.807, 2.05) is 25.7 Å². The lowest BCUT2D eigenvalue weighted by atomic mass is 9.49. The third-order valence-corrected chi connectivity index (χ3v) is 15.0. The van der Waals surface area contributed by atoms with E-state index >= 15 is 0 Å². The Bertz CT molecular complexity index is 1460. The standard InChI is InChI=1S/C17H24N2O.C11H15ClO.C11H18N2O2.C6H10N2/c18-10-12-2-1-3-19(11-12)16(20)17-7-13-4-14(8-17)6-15(5-13)9-17;12-10(13)11-4-7-1-8(5-11)3-9(2-7)6-11;1-11(2,3)15-10(14)13-6-4-5-9(7-12)8-13;7-4-6-2-1-3-8-5-6/h12-15H,1-9,11H2;7-9H,1-6H2;9H,4-6,8H2,1-3H3;6,8H,1-3,5H2. The van der Waals surface area contributed by atoms with Gasteiger partial charge in [-0.3, -0.25) is 9.59 Å². The smallest absolute Gasteiger partial charge is 0.410 e. The summed E-state index contributed by atoms with van der Waals surface area (Å²) in [6.45, 7) is 10.3. The van der Waals surface area contributed by atoms with Gasteiger partial charge in [-0.15, -0.1) is 0 Å². The summed E-state index contributed by atoms with van der Waals surface area (Å²) < 4.78 is 5.25. The molecule has 1 N–H and O–H groups in total. The lowest BCUT2D eigenvalue weighted by Gasteiger charge is -2.57. The van der Waals surface area contributed by atoms with Crippen LogP contribution in [0.2, 0.25) is 0 Å². The fourth-order valence-electron chi connectivity index (χ4n) is 12.9. The summed E-state index contributed by atoms with van der Waals surface area (Å²) in [7, 11) is 0. The minimum Gasteiger partial charge on any atom is -0.444 e. The number of halogens is 1. The van der Waals surface area contributed by atoms with E-state index in [0.717, 1.165) is 132 Å². The van der Waals surface area contributed by atoms with E-state index < -0.39 is 5.60 Å². The molecule has 3 heterocycles. The van der Waals surface area contributed by atoms with Gasteiger partial charge < -0.3 is 19.9 Å². The number of nitrogens with zero attached hydrogens (tertiary/aromatic N) is 5. The molecule has 8 saturated carbocycles. The lowest BCUT2D eigenvalue weighted by molar-refractivity contribution is -0.159. The van der Waals surface area contributed by atoms with Crippen LogP contribution in [0, 0.1) is 98.1 Å². The van der Waals surface area contributed by atoms with Gasteiger partial charge >= 0.3 is 6.09 Å². The molecule has 56 heavy (non-hydrogen) atoms. The molecule has 2 amide bonds. The number of rotatable bonds is 2. The minimum absolute atomic E-state index is 0.0217. The first-order valence-electron chi connectivity index (χ1n) is 22.1. The number of nitrogens with one attached hydrogen (secondary N) is 1. The maximum Gasteiger partial charge on any atom is 0.410 e. The average Bonchev–Trinajstić information content (AvgIpc) is 3.17. The third-order valence-electron chi connectivity index (χ3n) is 14.6. The molecule has 11 aliphatic rings. The SMILES string of the molecule is CC(C)(C)OC(=O)N1CCCC(C#N)C1.N#CC1CCCN(C(=O)C23CC4CC(CC(C4)C2)C3)C1.N#CC1CCCNC1.O=C(Cl)C12CC3CC(CC(C3)C1)C2. The van der Waals surface area contributed by atoms with Crippen molar-refractivity contribution in [3.8, 4) is 18.2 Å². The van der Waals surface area contributed by atoms with Gasteiger partial charge in [-0.1, -0.05) is 0 Å². The lowest BCUT2D eigenvalue weighted by Crippen LogP contribution is -2.56. The van der Waals surface area contributed by atoms with Gasteiger partial charge in [-0.25, -0.2) is 4.79 Å². The van der Waals surface area contributed by atoms with Gasteiger partial charge in [-0.2, -0.15) is 15.8 Å². The number of carbonyl (C=O) groups excluding carboxylic acids is 3. The maximum atomic E-state index is 13.1. The van der Waals surface area contributed by atoms with E-state index in [-0.39, 0.29) is 39.9 Å². The van der Waals surface area contributed by atoms with Gasteiger partial charge in [0, 0.05) is 38.1 Å². The minimum atomic E-state index is -0.462. The van der Waals surface area contributed by atoms with Crippen LogP contribution >= 0.6 is 11.6 Å². The van der Waals surface area contributed by atoms with Crippen molar-refractivity contribution in [2.75, 3.05) is 39.3 Å². The van der Waals surface area contributed by atoms with E-state index in [4.69, 9.17) is 32.1 Å². The summed E-state index contributed by atoms with van der Waals surface area (Å²) in [6, 6.07) is 6.81. The van der Waals surface area contributed by atoms with Gasteiger partial charge in [-0.05, 0) is 190 Å². The molecule has 11 fully saturated rings. The first kappa shape index (κ1) is 42.7. The normalized spacial score (nSPS) is 38.8. The Kier molecular flexibility index (Phi) is 14.0. The summed E-state index contributed by atoms with van der Waals surface area (Å²) in [4.78, 5) is 39.9. The van der Waals surface area contributed by atoms with Crippen LogP contribution in [0.25, 0.3) is 0 Å². The molecule has 308 valence electrons. The van der Waals surface area contributed by atoms with Gasteiger partial charge in [0.1, 0.15) is 5.60 Å². The van der Waals surface area contributed by atoms with Crippen molar-refractivity contribution in [3.63, 3.8) is 0 Å². The quantitative estimate of drug-likeness (QED) is 0.273. The van der Waals surface area contributed by atoms with Crippen molar-refractivity contribution in [2.45, 2.75) is 142 Å². The number of likely N-dealkylation sites (tertiary alicyclic amines) is 2. The van der Waals surface area contributed by atoms with Crippen LogP contribution in [-0.2, 0) is 14.3 Å². The second-order valence-corrected chi connectivity index (χ2v) is 20.8. The van der Waals surface area contributed by atoms with Crippen molar-refractivity contribution in [2.24, 2.45) is 64.1 Å². The van der Waals surface area contributed by atoms with E-state index in [1.165, 1.54) is 38.5 Å². The van der Waals surface area contributed by atoms with Crippen molar-refractivity contribution in [3.05, 3.63) is 0 Å². The first-order valence-corrected chi connectivity index (χ1v) is 22.5. The highest BCUT2D eigenvalue weighted by Gasteiger charge is 2.56. The van der Waals surface area contributed by atoms with Gasteiger partial charge in [0.05, 0.1) is 41.4 Å². The Labute approximate surface area is 341 Å². The molecule has 3 atom stereocenters. The Morgan fingerprint density at radius 1 is 0.643 bits per heavy atom. The van der Waals surface area contributed by atoms with Gasteiger partial charge in [0.15, 0.2) is 0 Å². The zero-order valence-corrected chi connectivity index (χ0v) is 35.2. The molecule has 11 rings (SSSR count). The molecule has 10 nitrogen and oxygen atoms in total. The summed E-state index contributed by atoms with van der Waals surface area (Å²) in [5.74, 6) is 5.68. The van der Waals surface area contributed by atoms with Crippen molar-refractivity contribution in [1.29, 1.82) is 15.8 Å². The molecule has 3 aliphatic heterocycles. The van der Waals surface area contributed by atoms with Crippen LogP contribution in [0.15, 0.2) is 0 Å². The van der Waals surface area contributed by atoms with E-state index in [1.54, 1.807) is 4.90 Å². The molecule has 3 saturated heterocycles. The largest absolute Gasteiger partial charge is 0.444 e. The Morgan fingerprint density at radius 3 is 1.43 bits per heavy atom. The maximum absolute atomic E-state index is 13.1. The number of piperidine rings is 3. The Morgan fingerprint density at radius 2 is 1.05 bits per heavy atom. The highest BCUT2D eigenvalue weighted by atomic mass is 35.5. The first-order chi connectivity index (χ1) is 26.7. The molecule has 8 aliphatic carbocycles. The van der Waals surface area contributed by atoms with E-state index in [2.05, 4.69) is 23.5 Å². The van der Waals surface area contributed by atoms with Crippen molar-refractivity contribution >= 4 is 28.8 Å². The Hall–Kier alpha value is -2.87.